The first kappa shape index (κ1) is 19.3. The largest absolute Gasteiger partial charge is 0.465 e. The Morgan fingerprint density at radius 3 is 2.39 bits per heavy atom. The second-order valence-electron chi connectivity index (χ2n) is 6.54. The summed E-state index contributed by atoms with van der Waals surface area (Å²) in [7, 11) is 1.32. The van der Waals surface area contributed by atoms with Gasteiger partial charge in [-0.15, -0.1) is 0 Å². The fourth-order valence-electron chi connectivity index (χ4n) is 3.14. The Morgan fingerprint density at radius 1 is 1.11 bits per heavy atom. The van der Waals surface area contributed by atoms with Gasteiger partial charge in [-0.05, 0) is 50.6 Å². The van der Waals surface area contributed by atoms with Crippen LogP contribution >= 0.6 is 0 Å². The average Bonchev–Trinajstić information content (AvgIpc) is 3.02. The van der Waals surface area contributed by atoms with Gasteiger partial charge >= 0.3 is 5.97 Å². The molecule has 0 aliphatic heterocycles. The van der Waals surface area contributed by atoms with E-state index >= 15 is 0 Å². The highest BCUT2D eigenvalue weighted by Crippen LogP contribution is 2.25. The molecule has 2 heterocycles. The maximum atomic E-state index is 12.4. The molecule has 8 heteroatoms. The molecule has 0 bridgehead atoms. The lowest BCUT2D eigenvalue weighted by atomic mass is 10.1. The minimum atomic E-state index is -0.436. The fourth-order valence-corrected chi connectivity index (χ4v) is 3.14. The molecule has 8 nitrogen and oxygen atoms in total. The van der Waals surface area contributed by atoms with E-state index in [9.17, 15) is 9.59 Å². The topological polar surface area (TPSA) is 112 Å². The number of nitrogens with zero attached hydrogens (tertiary/aromatic N) is 3. The Morgan fingerprint density at radius 2 is 1.75 bits per heavy atom. The van der Waals surface area contributed by atoms with Crippen molar-refractivity contribution in [2.45, 2.75) is 27.3 Å². The Kier molecular flexibility index (Phi) is 5.30. The third-order valence-corrected chi connectivity index (χ3v) is 4.78. The fraction of sp³-hybridized carbons (Fsp3) is 0.300. The van der Waals surface area contributed by atoms with Crippen molar-refractivity contribution in [2.75, 3.05) is 19.4 Å². The number of esters is 1. The number of benzene rings is 1. The molecule has 1 aromatic carbocycles. The predicted molar refractivity (Wildman–Crippen MR) is 106 cm³/mol. The molecule has 0 saturated carbocycles. The lowest BCUT2D eigenvalue weighted by molar-refractivity contribution is 0.0600. The summed E-state index contributed by atoms with van der Waals surface area (Å²) < 4.78 is 6.69. The number of pyridine rings is 1. The van der Waals surface area contributed by atoms with Crippen LogP contribution in [0.15, 0.2) is 24.3 Å². The SMILES string of the molecule is COC(=O)c1ccc(C(=O)NCCn2c(C)nc3c(N)nc(C)c(C)c32)cc1. The van der Waals surface area contributed by atoms with Crippen molar-refractivity contribution in [2.24, 2.45) is 0 Å². The number of amides is 1. The standard InChI is InChI=1S/C20H23N5O3/c1-11-12(2)23-18(21)16-17(11)25(13(3)24-16)10-9-22-19(26)14-5-7-15(8-6-14)20(27)28-4/h5-8H,9-10H2,1-4H3,(H2,21,23)(H,22,26). The van der Waals surface area contributed by atoms with Crippen LogP contribution in [0.25, 0.3) is 11.0 Å². The molecule has 3 N–H and O–H groups in total. The van der Waals surface area contributed by atoms with Crippen molar-refractivity contribution in [3.8, 4) is 0 Å². The Balaban J connectivity index is 1.72. The number of methoxy groups -OCH3 is 1. The number of imidazole rings is 1. The number of anilines is 1. The van der Waals surface area contributed by atoms with Crippen LogP contribution in [0.1, 0.15) is 37.8 Å². The van der Waals surface area contributed by atoms with Gasteiger partial charge in [0.25, 0.3) is 5.91 Å². The van der Waals surface area contributed by atoms with Gasteiger partial charge in [-0.1, -0.05) is 0 Å². The molecule has 0 fully saturated rings. The van der Waals surface area contributed by atoms with Crippen LogP contribution in [-0.2, 0) is 11.3 Å². The molecule has 1 amide bonds. The van der Waals surface area contributed by atoms with Gasteiger partial charge in [-0.3, -0.25) is 4.79 Å². The normalized spacial score (nSPS) is 10.9. The maximum Gasteiger partial charge on any atom is 0.337 e. The predicted octanol–water partition coefficient (Wildman–Crippen LogP) is 2.16. The van der Waals surface area contributed by atoms with Gasteiger partial charge in [0.15, 0.2) is 5.82 Å². The quantitative estimate of drug-likeness (QED) is 0.655. The number of hydrogen-bond acceptors (Lipinski definition) is 6. The van der Waals surface area contributed by atoms with Crippen LogP contribution in [0.2, 0.25) is 0 Å². The van der Waals surface area contributed by atoms with Gasteiger partial charge in [0, 0.05) is 24.3 Å². The molecule has 3 rings (SSSR count). The second kappa shape index (κ2) is 7.67. The third kappa shape index (κ3) is 3.53. The molecule has 2 aromatic heterocycles. The molecule has 0 aliphatic carbocycles. The van der Waals surface area contributed by atoms with Crippen molar-refractivity contribution in [1.82, 2.24) is 19.9 Å². The summed E-state index contributed by atoms with van der Waals surface area (Å²) >= 11 is 0. The highest BCUT2D eigenvalue weighted by Gasteiger charge is 2.16. The summed E-state index contributed by atoms with van der Waals surface area (Å²) in [6.45, 7) is 6.78. The van der Waals surface area contributed by atoms with Crippen LogP contribution in [-0.4, -0.2) is 40.1 Å². The van der Waals surface area contributed by atoms with Crippen molar-refractivity contribution >= 4 is 28.7 Å². The minimum Gasteiger partial charge on any atom is -0.465 e. The van der Waals surface area contributed by atoms with E-state index in [1.807, 2.05) is 25.3 Å². The lowest BCUT2D eigenvalue weighted by Gasteiger charge is -2.11. The number of aryl methyl sites for hydroxylation is 3. The molecule has 0 atom stereocenters. The number of nitrogens with one attached hydrogen (secondary N) is 1. The number of nitrogen functional groups attached to an aromatic ring is 1. The van der Waals surface area contributed by atoms with E-state index in [1.54, 1.807) is 24.3 Å². The van der Waals surface area contributed by atoms with E-state index in [4.69, 9.17) is 5.73 Å². The van der Waals surface area contributed by atoms with Gasteiger partial charge < -0.3 is 20.4 Å². The molecule has 0 aliphatic rings. The van der Waals surface area contributed by atoms with E-state index in [0.29, 0.717) is 35.6 Å². The number of rotatable bonds is 5. The molecule has 0 radical (unpaired) electrons. The van der Waals surface area contributed by atoms with Gasteiger partial charge in [-0.25, -0.2) is 14.8 Å². The summed E-state index contributed by atoms with van der Waals surface area (Å²) in [5.41, 5.74) is 10.4. The van der Waals surface area contributed by atoms with Gasteiger partial charge in [0.1, 0.15) is 11.3 Å². The molecule has 28 heavy (non-hydrogen) atoms. The zero-order valence-electron chi connectivity index (χ0n) is 16.4. The van der Waals surface area contributed by atoms with E-state index in [1.165, 1.54) is 7.11 Å². The van der Waals surface area contributed by atoms with E-state index in [2.05, 4.69) is 20.0 Å². The van der Waals surface area contributed by atoms with Crippen LogP contribution in [0.3, 0.4) is 0 Å². The maximum absolute atomic E-state index is 12.4. The number of aromatic nitrogens is 3. The molecular formula is C20H23N5O3. The summed E-state index contributed by atoms with van der Waals surface area (Å²) in [6.07, 6.45) is 0. The molecule has 0 unspecified atom stereocenters. The monoisotopic (exact) mass is 381 g/mol. The summed E-state index contributed by atoms with van der Waals surface area (Å²) in [6, 6.07) is 6.32. The van der Waals surface area contributed by atoms with Gasteiger partial charge in [-0.2, -0.15) is 0 Å². The number of fused-ring (bicyclic) bond motifs is 1. The second-order valence-corrected chi connectivity index (χ2v) is 6.54. The number of nitrogens with two attached hydrogens (primary N) is 1. The molecule has 0 saturated heterocycles. The lowest BCUT2D eigenvalue weighted by Crippen LogP contribution is -2.27. The average molecular weight is 381 g/mol. The van der Waals surface area contributed by atoms with E-state index in [-0.39, 0.29) is 5.91 Å². The summed E-state index contributed by atoms with van der Waals surface area (Å²) in [5.74, 6) is 0.574. The number of ether oxygens (including phenoxy) is 1. The van der Waals surface area contributed by atoms with Gasteiger partial charge in [0.05, 0.1) is 18.2 Å². The van der Waals surface area contributed by atoms with Crippen molar-refractivity contribution in [3.63, 3.8) is 0 Å². The van der Waals surface area contributed by atoms with Crippen LogP contribution in [0.4, 0.5) is 5.82 Å². The summed E-state index contributed by atoms with van der Waals surface area (Å²) in [4.78, 5) is 32.7. The number of carbonyl (C=O) groups is 2. The van der Waals surface area contributed by atoms with Crippen LogP contribution in [0.5, 0.6) is 0 Å². The van der Waals surface area contributed by atoms with Crippen molar-refractivity contribution in [3.05, 3.63) is 52.5 Å². The smallest absolute Gasteiger partial charge is 0.337 e. The zero-order valence-corrected chi connectivity index (χ0v) is 16.4. The molecule has 146 valence electrons. The number of carbonyl (C=O) groups excluding carboxylic acids is 2. The van der Waals surface area contributed by atoms with Gasteiger partial charge in [0.2, 0.25) is 0 Å². The molecule has 3 aromatic rings. The number of hydrogen-bond donors (Lipinski definition) is 2. The van der Waals surface area contributed by atoms with Crippen molar-refractivity contribution < 1.29 is 14.3 Å². The van der Waals surface area contributed by atoms with E-state index < -0.39 is 5.97 Å². The molecular weight excluding hydrogens is 358 g/mol. The summed E-state index contributed by atoms with van der Waals surface area (Å²) in [5, 5.41) is 2.89. The highest BCUT2D eigenvalue weighted by atomic mass is 16.5. The van der Waals surface area contributed by atoms with Crippen LogP contribution < -0.4 is 11.1 Å². The highest BCUT2D eigenvalue weighted by molar-refractivity contribution is 5.96. The third-order valence-electron chi connectivity index (χ3n) is 4.78. The Bertz CT molecular complexity index is 1050. The first-order valence-electron chi connectivity index (χ1n) is 8.89. The van der Waals surface area contributed by atoms with Crippen LogP contribution in [0, 0.1) is 20.8 Å². The first-order valence-corrected chi connectivity index (χ1v) is 8.89. The minimum absolute atomic E-state index is 0.215. The molecule has 0 spiro atoms. The Labute approximate surface area is 162 Å². The zero-order chi connectivity index (χ0) is 20.4. The first-order chi connectivity index (χ1) is 13.3. The Hall–Kier alpha value is -3.42. The van der Waals surface area contributed by atoms with Crippen molar-refractivity contribution in [1.29, 1.82) is 0 Å². The van der Waals surface area contributed by atoms with E-state index in [0.717, 1.165) is 22.6 Å².